The van der Waals surface area contributed by atoms with Crippen LogP contribution in [0.1, 0.15) is 11.1 Å². The molecule has 4 nitrogen and oxygen atoms in total. The lowest BCUT2D eigenvalue weighted by Crippen LogP contribution is -2.30. The molecule has 1 amide bonds. The lowest BCUT2D eigenvalue weighted by Gasteiger charge is -2.05. The minimum absolute atomic E-state index is 0.398. The fraction of sp³-hybridized carbons (Fsp3) is 0.222. The Bertz CT molecular complexity index is 318. The highest BCUT2D eigenvalue weighted by Gasteiger charge is 1.97. The van der Waals surface area contributed by atoms with Crippen molar-refractivity contribution in [3.05, 3.63) is 33.8 Å². The van der Waals surface area contributed by atoms with E-state index in [9.17, 15) is 4.79 Å². The van der Waals surface area contributed by atoms with Crippen molar-refractivity contribution in [2.75, 3.05) is 0 Å². The number of hydrogen-bond donors (Lipinski definition) is 2. The minimum Gasteiger partial charge on any atom is -0.278 e. The SMILES string of the molecule is Cc1cc(CONNC=O)ccc1Br. The number of aryl methyl sites for hydroxylation is 1. The van der Waals surface area contributed by atoms with Crippen molar-refractivity contribution >= 4 is 22.3 Å². The molecule has 0 aliphatic heterocycles. The number of carbonyl (C=O) groups is 1. The largest absolute Gasteiger partial charge is 0.278 e. The number of rotatable bonds is 5. The predicted octanol–water partition coefficient (Wildman–Crippen LogP) is 1.44. The number of hydrazine groups is 1. The van der Waals surface area contributed by atoms with Crippen LogP contribution in [-0.4, -0.2) is 6.41 Å². The predicted molar refractivity (Wildman–Crippen MR) is 56.0 cm³/mol. The highest BCUT2D eigenvalue weighted by atomic mass is 79.9. The maximum Gasteiger partial charge on any atom is 0.223 e. The fourth-order valence-electron chi connectivity index (χ4n) is 0.982. The van der Waals surface area contributed by atoms with Crippen LogP contribution < -0.4 is 11.0 Å². The van der Waals surface area contributed by atoms with Crippen LogP contribution in [0.4, 0.5) is 0 Å². The number of halogens is 1. The van der Waals surface area contributed by atoms with Crippen LogP contribution in [0.5, 0.6) is 0 Å². The third-order valence-electron chi connectivity index (χ3n) is 1.65. The zero-order valence-corrected chi connectivity index (χ0v) is 9.30. The van der Waals surface area contributed by atoms with Gasteiger partial charge in [-0.15, -0.1) is 5.59 Å². The smallest absolute Gasteiger partial charge is 0.223 e. The lowest BCUT2D eigenvalue weighted by atomic mass is 10.1. The van der Waals surface area contributed by atoms with Crippen molar-refractivity contribution < 1.29 is 9.63 Å². The second-order valence-corrected chi connectivity index (χ2v) is 3.59. The van der Waals surface area contributed by atoms with Gasteiger partial charge in [0.2, 0.25) is 6.41 Å². The molecule has 2 N–H and O–H groups in total. The molecule has 1 aromatic carbocycles. The lowest BCUT2D eigenvalue weighted by molar-refractivity contribution is -0.115. The highest BCUT2D eigenvalue weighted by molar-refractivity contribution is 9.10. The van der Waals surface area contributed by atoms with E-state index in [0.717, 1.165) is 15.6 Å². The number of nitrogens with one attached hydrogen (secondary N) is 2. The summed E-state index contributed by atoms with van der Waals surface area (Å²) in [5, 5.41) is 0. The molecule has 0 atom stereocenters. The zero-order chi connectivity index (χ0) is 10.4. The Morgan fingerprint density at radius 2 is 2.36 bits per heavy atom. The van der Waals surface area contributed by atoms with Crippen LogP contribution in [0, 0.1) is 6.92 Å². The van der Waals surface area contributed by atoms with E-state index in [2.05, 4.69) is 26.9 Å². The van der Waals surface area contributed by atoms with Gasteiger partial charge in [-0.05, 0) is 24.1 Å². The Labute approximate surface area is 90.7 Å². The number of carbonyl (C=O) groups excluding carboxylic acids is 1. The van der Waals surface area contributed by atoms with E-state index in [4.69, 9.17) is 4.84 Å². The third kappa shape index (κ3) is 3.45. The first-order chi connectivity index (χ1) is 6.74. The average Bonchev–Trinajstić information content (AvgIpc) is 2.18. The van der Waals surface area contributed by atoms with Crippen molar-refractivity contribution in [1.82, 2.24) is 11.0 Å². The Kier molecular flexibility index (Phi) is 4.58. The van der Waals surface area contributed by atoms with Crippen LogP contribution >= 0.6 is 15.9 Å². The summed E-state index contributed by atoms with van der Waals surface area (Å²) in [5.74, 6) is 0. The molecule has 0 fully saturated rings. The van der Waals surface area contributed by atoms with E-state index in [1.54, 1.807) is 0 Å². The quantitative estimate of drug-likeness (QED) is 0.478. The van der Waals surface area contributed by atoms with Gasteiger partial charge in [-0.2, -0.15) is 0 Å². The van der Waals surface area contributed by atoms with Crippen LogP contribution in [-0.2, 0) is 16.2 Å². The van der Waals surface area contributed by atoms with E-state index in [1.165, 1.54) is 0 Å². The molecule has 0 aromatic heterocycles. The van der Waals surface area contributed by atoms with Gasteiger partial charge >= 0.3 is 0 Å². The number of hydrogen-bond acceptors (Lipinski definition) is 3. The molecule has 0 saturated carbocycles. The summed E-state index contributed by atoms with van der Waals surface area (Å²) >= 11 is 3.41. The normalized spacial score (nSPS) is 9.86. The number of benzene rings is 1. The van der Waals surface area contributed by atoms with Crippen molar-refractivity contribution in [3.63, 3.8) is 0 Å². The van der Waals surface area contributed by atoms with Crippen LogP contribution in [0.2, 0.25) is 0 Å². The first-order valence-corrected chi connectivity index (χ1v) is 4.84. The molecule has 0 heterocycles. The molecule has 76 valence electrons. The fourth-order valence-corrected chi connectivity index (χ4v) is 1.23. The zero-order valence-electron chi connectivity index (χ0n) is 7.71. The van der Waals surface area contributed by atoms with Gasteiger partial charge in [0.05, 0.1) is 6.61 Å². The Morgan fingerprint density at radius 3 is 3.00 bits per heavy atom. The van der Waals surface area contributed by atoms with Crippen molar-refractivity contribution in [3.8, 4) is 0 Å². The second-order valence-electron chi connectivity index (χ2n) is 2.74. The van der Waals surface area contributed by atoms with E-state index < -0.39 is 0 Å². The van der Waals surface area contributed by atoms with E-state index in [-0.39, 0.29) is 0 Å². The molecule has 0 saturated heterocycles. The highest BCUT2D eigenvalue weighted by Crippen LogP contribution is 2.17. The molecule has 14 heavy (non-hydrogen) atoms. The van der Waals surface area contributed by atoms with Gasteiger partial charge in [-0.25, -0.2) is 0 Å². The van der Waals surface area contributed by atoms with Gasteiger partial charge in [0.25, 0.3) is 0 Å². The van der Waals surface area contributed by atoms with Gasteiger partial charge in [0.1, 0.15) is 0 Å². The van der Waals surface area contributed by atoms with Gasteiger partial charge in [0.15, 0.2) is 0 Å². The molecule has 1 aromatic rings. The molecular formula is C9H11BrN2O2. The van der Waals surface area contributed by atoms with Gasteiger partial charge in [-0.1, -0.05) is 28.1 Å². The third-order valence-corrected chi connectivity index (χ3v) is 2.54. The van der Waals surface area contributed by atoms with Gasteiger partial charge in [0, 0.05) is 4.47 Å². The summed E-state index contributed by atoms with van der Waals surface area (Å²) in [7, 11) is 0. The van der Waals surface area contributed by atoms with Crippen molar-refractivity contribution in [2.24, 2.45) is 0 Å². The maximum atomic E-state index is 9.86. The molecule has 5 heteroatoms. The summed E-state index contributed by atoms with van der Waals surface area (Å²) in [6, 6.07) is 5.91. The monoisotopic (exact) mass is 258 g/mol. The molecule has 0 unspecified atom stereocenters. The molecule has 0 spiro atoms. The summed E-state index contributed by atoms with van der Waals surface area (Å²) < 4.78 is 1.07. The summed E-state index contributed by atoms with van der Waals surface area (Å²) in [6.45, 7) is 2.40. The Balaban J connectivity index is 2.43. The molecular weight excluding hydrogens is 248 g/mol. The molecule has 0 radical (unpaired) electrons. The summed E-state index contributed by atoms with van der Waals surface area (Å²) in [5.41, 5.74) is 6.65. The molecule has 0 aliphatic rings. The molecule has 0 bridgehead atoms. The summed E-state index contributed by atoms with van der Waals surface area (Å²) in [6.07, 6.45) is 0.507. The van der Waals surface area contributed by atoms with Gasteiger partial charge < -0.3 is 0 Å². The van der Waals surface area contributed by atoms with Crippen LogP contribution in [0.3, 0.4) is 0 Å². The van der Waals surface area contributed by atoms with Crippen molar-refractivity contribution in [2.45, 2.75) is 13.5 Å². The van der Waals surface area contributed by atoms with E-state index in [0.29, 0.717) is 13.0 Å². The minimum atomic E-state index is 0.398. The first kappa shape index (κ1) is 11.2. The van der Waals surface area contributed by atoms with Gasteiger partial charge in [-0.3, -0.25) is 15.1 Å². The van der Waals surface area contributed by atoms with Crippen LogP contribution in [0.25, 0.3) is 0 Å². The topological polar surface area (TPSA) is 50.4 Å². The van der Waals surface area contributed by atoms with Crippen molar-refractivity contribution in [1.29, 1.82) is 0 Å². The maximum absolute atomic E-state index is 9.86. The Morgan fingerprint density at radius 1 is 1.57 bits per heavy atom. The second kappa shape index (κ2) is 5.74. The summed E-state index contributed by atoms with van der Waals surface area (Å²) in [4.78, 5) is 14.8. The first-order valence-electron chi connectivity index (χ1n) is 4.05. The Hall–Kier alpha value is -0.910. The molecule has 0 aliphatic carbocycles. The van der Waals surface area contributed by atoms with E-state index in [1.807, 2.05) is 25.1 Å². The van der Waals surface area contributed by atoms with Crippen LogP contribution in [0.15, 0.2) is 22.7 Å². The number of amides is 1. The van der Waals surface area contributed by atoms with E-state index >= 15 is 0 Å². The average molecular weight is 259 g/mol. The standard InChI is InChI=1S/C9H11BrN2O2/c1-7-4-8(2-3-9(7)10)5-14-12-11-6-13/h2-4,6,12H,5H2,1H3,(H,11,13). The molecule has 1 rings (SSSR count).